The van der Waals surface area contributed by atoms with E-state index < -0.39 is 17.7 Å². The number of benzene rings is 2. The molecular weight excluding hydrogens is 496 g/mol. The van der Waals surface area contributed by atoms with Crippen LogP contribution >= 0.6 is 0 Å². The van der Waals surface area contributed by atoms with Gasteiger partial charge in [0.1, 0.15) is 34.8 Å². The van der Waals surface area contributed by atoms with Crippen molar-refractivity contribution < 1.29 is 28.6 Å². The molecule has 1 amide bonds. The Morgan fingerprint density at radius 1 is 0.923 bits per heavy atom. The number of piperidine rings is 1. The summed E-state index contributed by atoms with van der Waals surface area (Å²) in [6.45, 7) is 8.31. The van der Waals surface area contributed by atoms with Crippen LogP contribution in [0.3, 0.4) is 0 Å². The van der Waals surface area contributed by atoms with E-state index in [9.17, 15) is 14.7 Å². The van der Waals surface area contributed by atoms with Crippen LogP contribution in [-0.2, 0) is 9.59 Å². The lowest BCUT2D eigenvalue weighted by Crippen LogP contribution is -2.30. The van der Waals surface area contributed by atoms with Crippen LogP contribution in [0, 0.1) is 6.92 Å². The maximum atomic E-state index is 13.5. The Kier molecular flexibility index (Phi) is 7.63. The monoisotopic (exact) mass is 530 g/mol. The lowest BCUT2D eigenvalue weighted by molar-refractivity contribution is -0.132. The lowest BCUT2D eigenvalue weighted by Gasteiger charge is -2.29. The van der Waals surface area contributed by atoms with Crippen molar-refractivity contribution in [1.29, 1.82) is 0 Å². The van der Waals surface area contributed by atoms with Crippen molar-refractivity contribution in [3.05, 3.63) is 77.3 Å². The molecule has 2 saturated heterocycles. The zero-order valence-corrected chi connectivity index (χ0v) is 22.6. The number of aliphatic hydroxyl groups excluding tert-OH is 1. The molecule has 0 radical (unpaired) electrons. The van der Waals surface area contributed by atoms with E-state index in [1.165, 1.54) is 11.3 Å². The van der Waals surface area contributed by atoms with Gasteiger partial charge >= 0.3 is 0 Å². The fraction of sp³-hybridized carbons (Fsp3) is 0.355. The van der Waals surface area contributed by atoms with Crippen molar-refractivity contribution in [2.24, 2.45) is 0 Å². The van der Waals surface area contributed by atoms with E-state index in [4.69, 9.17) is 13.9 Å². The SMILES string of the molecule is CCOc1ccc(/C(O)=C2/C(=O)C(=O)N(c3ccc(N4CCCCC4)cc3)C2c2ccc(C)o2)c(OCC)c1. The van der Waals surface area contributed by atoms with E-state index in [2.05, 4.69) is 4.90 Å². The zero-order chi connectivity index (χ0) is 27.5. The maximum Gasteiger partial charge on any atom is 0.300 e. The average molecular weight is 531 g/mol. The van der Waals surface area contributed by atoms with Crippen LogP contribution in [0.2, 0.25) is 0 Å². The Balaban J connectivity index is 1.60. The number of aliphatic hydroxyl groups is 1. The molecule has 2 fully saturated rings. The number of furan rings is 1. The number of carbonyl (C=O) groups is 2. The minimum atomic E-state index is -0.944. The normalized spacial score (nSPS) is 19.0. The largest absolute Gasteiger partial charge is 0.507 e. The number of carbonyl (C=O) groups excluding carboxylic acids is 2. The molecule has 0 spiro atoms. The second kappa shape index (κ2) is 11.3. The number of Topliss-reactive ketones (excluding diaryl/α,β-unsaturated/α-hetero) is 1. The Morgan fingerprint density at radius 3 is 2.26 bits per heavy atom. The number of amides is 1. The molecule has 8 nitrogen and oxygen atoms in total. The Hall–Kier alpha value is -4.20. The van der Waals surface area contributed by atoms with Gasteiger partial charge in [0.05, 0.1) is 24.4 Å². The fourth-order valence-corrected chi connectivity index (χ4v) is 5.32. The second-order valence-corrected chi connectivity index (χ2v) is 9.71. The van der Waals surface area contributed by atoms with Crippen LogP contribution in [-0.4, -0.2) is 43.1 Å². The highest BCUT2D eigenvalue weighted by Gasteiger charge is 2.48. The smallest absolute Gasteiger partial charge is 0.300 e. The predicted molar refractivity (Wildman–Crippen MR) is 150 cm³/mol. The summed E-state index contributed by atoms with van der Waals surface area (Å²) in [4.78, 5) is 30.8. The zero-order valence-electron chi connectivity index (χ0n) is 22.6. The summed E-state index contributed by atoms with van der Waals surface area (Å²) in [5.74, 6) is 0.0984. The van der Waals surface area contributed by atoms with E-state index in [0.29, 0.717) is 47.5 Å². The molecule has 1 aromatic heterocycles. The third-order valence-corrected chi connectivity index (χ3v) is 7.14. The third kappa shape index (κ3) is 5.11. The summed E-state index contributed by atoms with van der Waals surface area (Å²) in [6.07, 6.45) is 3.55. The number of nitrogens with zero attached hydrogens (tertiary/aromatic N) is 2. The van der Waals surface area contributed by atoms with Crippen LogP contribution in [0.25, 0.3) is 5.76 Å². The molecule has 1 N–H and O–H groups in total. The molecule has 2 aliphatic heterocycles. The molecule has 0 bridgehead atoms. The highest BCUT2D eigenvalue weighted by Crippen LogP contribution is 2.44. The molecule has 0 aliphatic carbocycles. The number of aryl methyl sites for hydroxylation is 1. The van der Waals surface area contributed by atoms with E-state index in [1.54, 1.807) is 37.3 Å². The van der Waals surface area contributed by atoms with Crippen LogP contribution in [0.5, 0.6) is 11.5 Å². The van der Waals surface area contributed by atoms with Crippen LogP contribution < -0.4 is 19.3 Å². The van der Waals surface area contributed by atoms with Gasteiger partial charge in [0.25, 0.3) is 11.7 Å². The number of ketones is 1. The first-order chi connectivity index (χ1) is 18.9. The molecule has 0 saturated carbocycles. The first-order valence-electron chi connectivity index (χ1n) is 13.5. The summed E-state index contributed by atoms with van der Waals surface area (Å²) in [5.41, 5.74) is 1.87. The molecule has 2 aliphatic rings. The summed E-state index contributed by atoms with van der Waals surface area (Å²) >= 11 is 0. The Labute approximate surface area is 228 Å². The van der Waals surface area contributed by atoms with E-state index in [1.807, 2.05) is 38.1 Å². The van der Waals surface area contributed by atoms with Crippen molar-refractivity contribution in [2.75, 3.05) is 36.1 Å². The Bertz CT molecular complexity index is 1380. The topological polar surface area (TPSA) is 92.5 Å². The summed E-state index contributed by atoms with van der Waals surface area (Å²) in [7, 11) is 0. The van der Waals surface area contributed by atoms with Gasteiger partial charge in [0, 0.05) is 30.5 Å². The number of hydrogen-bond acceptors (Lipinski definition) is 7. The van der Waals surface area contributed by atoms with Gasteiger partial charge in [-0.05, 0) is 88.6 Å². The standard InChI is InChI=1S/C31H34N2O6/c1-4-37-23-14-15-24(26(19-23)38-5-2)29(34)27-28(25-16-9-20(3)39-25)33(31(36)30(27)35)22-12-10-21(11-13-22)32-17-7-6-8-18-32/h9-16,19,28,34H,4-8,17-18H2,1-3H3/b29-27-. The van der Waals surface area contributed by atoms with Gasteiger partial charge in [-0.25, -0.2) is 0 Å². The second-order valence-electron chi connectivity index (χ2n) is 9.71. The maximum absolute atomic E-state index is 13.5. The van der Waals surface area contributed by atoms with Gasteiger partial charge < -0.3 is 23.9 Å². The number of hydrogen-bond donors (Lipinski definition) is 1. The van der Waals surface area contributed by atoms with Crippen molar-refractivity contribution in [3.8, 4) is 11.5 Å². The van der Waals surface area contributed by atoms with Gasteiger partial charge in [0.15, 0.2) is 0 Å². The first-order valence-corrected chi connectivity index (χ1v) is 13.5. The molecule has 204 valence electrons. The van der Waals surface area contributed by atoms with E-state index in [0.717, 1.165) is 31.6 Å². The highest BCUT2D eigenvalue weighted by molar-refractivity contribution is 6.51. The molecular formula is C31H34N2O6. The average Bonchev–Trinajstić information content (AvgIpc) is 3.49. The Morgan fingerprint density at radius 2 is 1.62 bits per heavy atom. The van der Waals surface area contributed by atoms with Gasteiger partial charge in [0.2, 0.25) is 0 Å². The molecule has 8 heteroatoms. The van der Waals surface area contributed by atoms with E-state index in [-0.39, 0.29) is 11.3 Å². The van der Waals surface area contributed by atoms with Crippen LogP contribution in [0.15, 0.2) is 64.6 Å². The number of anilines is 2. The van der Waals surface area contributed by atoms with Crippen molar-refractivity contribution in [2.45, 2.75) is 46.1 Å². The fourth-order valence-electron chi connectivity index (χ4n) is 5.32. The molecule has 1 unspecified atom stereocenters. The minimum absolute atomic E-state index is 0.0560. The molecule has 3 aromatic rings. The number of ether oxygens (including phenoxy) is 2. The van der Waals surface area contributed by atoms with Gasteiger partial charge in [-0.15, -0.1) is 0 Å². The molecule has 3 heterocycles. The van der Waals surface area contributed by atoms with Crippen molar-refractivity contribution in [1.82, 2.24) is 0 Å². The van der Waals surface area contributed by atoms with Gasteiger partial charge in [-0.3, -0.25) is 14.5 Å². The number of rotatable bonds is 8. The first kappa shape index (κ1) is 26.4. The predicted octanol–water partition coefficient (Wildman–Crippen LogP) is 6.00. The van der Waals surface area contributed by atoms with E-state index >= 15 is 0 Å². The summed E-state index contributed by atoms with van der Waals surface area (Å²) < 4.78 is 17.3. The summed E-state index contributed by atoms with van der Waals surface area (Å²) in [5, 5.41) is 11.6. The van der Waals surface area contributed by atoms with Crippen LogP contribution in [0.4, 0.5) is 11.4 Å². The van der Waals surface area contributed by atoms with Crippen molar-refractivity contribution in [3.63, 3.8) is 0 Å². The lowest BCUT2D eigenvalue weighted by atomic mass is 9.98. The molecule has 39 heavy (non-hydrogen) atoms. The quantitative estimate of drug-likeness (QED) is 0.217. The van der Waals surface area contributed by atoms with Gasteiger partial charge in [-0.2, -0.15) is 0 Å². The third-order valence-electron chi connectivity index (χ3n) is 7.14. The van der Waals surface area contributed by atoms with Crippen LogP contribution in [0.1, 0.15) is 56.2 Å². The highest BCUT2D eigenvalue weighted by atomic mass is 16.5. The molecule has 2 aromatic carbocycles. The van der Waals surface area contributed by atoms with Gasteiger partial charge in [-0.1, -0.05) is 0 Å². The van der Waals surface area contributed by atoms with Crippen molar-refractivity contribution >= 4 is 28.8 Å². The minimum Gasteiger partial charge on any atom is -0.507 e. The molecule has 1 atom stereocenters. The molecule has 5 rings (SSSR count). The summed E-state index contributed by atoms with van der Waals surface area (Å²) in [6, 6.07) is 15.2.